The maximum atomic E-state index is 11.1. The summed E-state index contributed by atoms with van der Waals surface area (Å²) < 4.78 is 0. The molecule has 3 heteroatoms. The number of aromatic nitrogens is 1. The molecule has 2 aromatic rings. The largest absolute Gasteiger partial charge is 0.478 e. The number of rotatable bonds is 2. The summed E-state index contributed by atoms with van der Waals surface area (Å²) >= 11 is 0. The van der Waals surface area contributed by atoms with E-state index in [1.807, 2.05) is 13.8 Å². The Morgan fingerprint density at radius 1 is 1.29 bits per heavy atom. The Hall–Kier alpha value is -1.77. The van der Waals surface area contributed by atoms with Crippen LogP contribution in [0, 0.1) is 13.8 Å². The second-order valence-corrected chi connectivity index (χ2v) is 4.84. The van der Waals surface area contributed by atoms with E-state index in [-0.39, 0.29) is 0 Å². The number of aryl methyl sites for hydroxylation is 2. The van der Waals surface area contributed by atoms with Crippen molar-refractivity contribution in [3.63, 3.8) is 0 Å². The predicted octanol–water partition coefficient (Wildman–Crippen LogP) is 3.61. The molecule has 2 N–H and O–H groups in total. The third kappa shape index (κ3) is 1.82. The van der Waals surface area contributed by atoms with Gasteiger partial charge in [0.05, 0.1) is 5.56 Å². The Labute approximate surface area is 100 Å². The molecule has 0 aliphatic rings. The molecule has 0 fully saturated rings. The molecule has 0 saturated heterocycles. The van der Waals surface area contributed by atoms with Gasteiger partial charge < -0.3 is 10.1 Å². The van der Waals surface area contributed by atoms with Crippen LogP contribution in [0.25, 0.3) is 10.9 Å². The maximum Gasteiger partial charge on any atom is 0.335 e. The molecule has 1 aromatic heterocycles. The lowest BCUT2D eigenvalue weighted by Gasteiger charge is -2.06. The van der Waals surface area contributed by atoms with Crippen LogP contribution in [-0.2, 0) is 0 Å². The topological polar surface area (TPSA) is 53.1 Å². The van der Waals surface area contributed by atoms with Crippen molar-refractivity contribution in [3.05, 3.63) is 34.5 Å². The van der Waals surface area contributed by atoms with E-state index >= 15 is 0 Å². The summed E-state index contributed by atoms with van der Waals surface area (Å²) in [7, 11) is 0. The SMILES string of the molecule is Cc1[nH]c2c(C)cc(C(=O)O)cc2c1C(C)C. The van der Waals surface area contributed by atoms with Gasteiger partial charge in [-0.25, -0.2) is 4.79 Å². The molecule has 1 aromatic carbocycles. The average Bonchev–Trinajstić information content (AvgIpc) is 2.54. The van der Waals surface area contributed by atoms with E-state index < -0.39 is 5.97 Å². The minimum atomic E-state index is -0.872. The van der Waals surface area contributed by atoms with Gasteiger partial charge in [-0.15, -0.1) is 0 Å². The van der Waals surface area contributed by atoms with Crippen molar-refractivity contribution in [1.82, 2.24) is 4.98 Å². The molecular weight excluding hydrogens is 214 g/mol. The molecule has 1 heterocycles. The van der Waals surface area contributed by atoms with Crippen LogP contribution in [0.5, 0.6) is 0 Å². The normalized spacial score (nSPS) is 11.4. The van der Waals surface area contributed by atoms with E-state index in [0.29, 0.717) is 11.5 Å². The van der Waals surface area contributed by atoms with Crippen LogP contribution in [0.3, 0.4) is 0 Å². The fourth-order valence-electron chi connectivity index (χ4n) is 2.49. The van der Waals surface area contributed by atoms with Gasteiger partial charge in [-0.05, 0) is 43.0 Å². The molecule has 0 amide bonds. The average molecular weight is 231 g/mol. The van der Waals surface area contributed by atoms with Crippen molar-refractivity contribution >= 4 is 16.9 Å². The van der Waals surface area contributed by atoms with Crippen molar-refractivity contribution in [2.75, 3.05) is 0 Å². The van der Waals surface area contributed by atoms with E-state index in [2.05, 4.69) is 18.8 Å². The summed E-state index contributed by atoms with van der Waals surface area (Å²) in [6.45, 7) is 8.22. The lowest BCUT2D eigenvalue weighted by Crippen LogP contribution is -1.97. The van der Waals surface area contributed by atoms with E-state index in [4.69, 9.17) is 5.11 Å². The molecule has 0 radical (unpaired) electrons. The first kappa shape index (κ1) is 11.7. The molecule has 0 bridgehead atoms. The van der Waals surface area contributed by atoms with Crippen LogP contribution in [-0.4, -0.2) is 16.1 Å². The first-order valence-electron chi connectivity index (χ1n) is 5.78. The Balaban J connectivity index is 2.84. The highest BCUT2D eigenvalue weighted by molar-refractivity contribution is 5.96. The quantitative estimate of drug-likeness (QED) is 0.829. The summed E-state index contributed by atoms with van der Waals surface area (Å²) in [5.41, 5.74) is 4.73. The Kier molecular flexibility index (Phi) is 2.69. The fraction of sp³-hybridized carbons (Fsp3) is 0.357. The third-order valence-corrected chi connectivity index (χ3v) is 3.17. The molecule has 0 spiro atoms. The molecular formula is C14H17NO2. The maximum absolute atomic E-state index is 11.1. The van der Waals surface area contributed by atoms with Crippen molar-refractivity contribution < 1.29 is 9.90 Å². The molecule has 17 heavy (non-hydrogen) atoms. The number of carboxylic acids is 1. The minimum Gasteiger partial charge on any atom is -0.478 e. The van der Waals surface area contributed by atoms with Crippen LogP contribution in [0.2, 0.25) is 0 Å². The highest BCUT2D eigenvalue weighted by Gasteiger charge is 2.15. The summed E-state index contributed by atoms with van der Waals surface area (Å²) in [6.07, 6.45) is 0. The van der Waals surface area contributed by atoms with Crippen molar-refractivity contribution in [3.8, 4) is 0 Å². The Bertz CT molecular complexity index is 594. The molecule has 3 nitrogen and oxygen atoms in total. The van der Waals surface area contributed by atoms with Crippen LogP contribution in [0.4, 0.5) is 0 Å². The highest BCUT2D eigenvalue weighted by Crippen LogP contribution is 2.31. The molecule has 2 rings (SSSR count). The van der Waals surface area contributed by atoms with E-state index in [0.717, 1.165) is 22.2 Å². The zero-order valence-electron chi connectivity index (χ0n) is 10.6. The zero-order chi connectivity index (χ0) is 12.7. The van der Waals surface area contributed by atoms with Crippen molar-refractivity contribution in [1.29, 1.82) is 0 Å². The molecule has 90 valence electrons. The summed E-state index contributed by atoms with van der Waals surface area (Å²) in [4.78, 5) is 14.4. The first-order valence-corrected chi connectivity index (χ1v) is 5.78. The first-order chi connectivity index (χ1) is 7.91. The van der Waals surface area contributed by atoms with Crippen molar-refractivity contribution in [2.45, 2.75) is 33.6 Å². The van der Waals surface area contributed by atoms with Gasteiger partial charge in [0.1, 0.15) is 0 Å². The number of carboxylic acid groups (broad SMARTS) is 1. The number of hydrogen-bond acceptors (Lipinski definition) is 1. The van der Waals surface area contributed by atoms with Crippen LogP contribution in [0.15, 0.2) is 12.1 Å². The number of benzene rings is 1. The van der Waals surface area contributed by atoms with E-state index in [9.17, 15) is 4.79 Å². The number of carbonyl (C=O) groups is 1. The summed E-state index contributed by atoms with van der Waals surface area (Å²) in [5, 5.41) is 10.1. The summed E-state index contributed by atoms with van der Waals surface area (Å²) in [5.74, 6) is -0.490. The number of fused-ring (bicyclic) bond motifs is 1. The lowest BCUT2D eigenvalue weighted by molar-refractivity contribution is 0.0697. The van der Waals surface area contributed by atoms with Gasteiger partial charge in [0.15, 0.2) is 0 Å². The van der Waals surface area contributed by atoms with Gasteiger partial charge in [-0.1, -0.05) is 13.8 Å². The Morgan fingerprint density at radius 2 is 1.94 bits per heavy atom. The van der Waals surface area contributed by atoms with Gasteiger partial charge in [0.2, 0.25) is 0 Å². The predicted molar refractivity (Wildman–Crippen MR) is 68.8 cm³/mol. The monoisotopic (exact) mass is 231 g/mol. The fourth-order valence-corrected chi connectivity index (χ4v) is 2.49. The van der Waals surface area contributed by atoms with Gasteiger partial charge in [-0.2, -0.15) is 0 Å². The summed E-state index contributed by atoms with van der Waals surface area (Å²) in [6, 6.07) is 3.48. The molecule has 0 unspecified atom stereocenters. The third-order valence-electron chi connectivity index (χ3n) is 3.17. The van der Waals surface area contributed by atoms with Gasteiger partial charge in [0.25, 0.3) is 0 Å². The number of aromatic carboxylic acids is 1. The lowest BCUT2D eigenvalue weighted by atomic mass is 9.97. The smallest absolute Gasteiger partial charge is 0.335 e. The molecule has 0 aliphatic heterocycles. The van der Waals surface area contributed by atoms with E-state index in [1.165, 1.54) is 5.56 Å². The van der Waals surface area contributed by atoms with Crippen LogP contribution in [0.1, 0.15) is 46.9 Å². The standard InChI is InChI=1S/C14H17NO2/c1-7(2)12-9(4)15-13-8(3)5-10(14(16)17)6-11(12)13/h5-7,15H,1-4H3,(H,16,17). The minimum absolute atomic E-state index is 0.357. The van der Waals surface area contributed by atoms with Gasteiger partial charge >= 0.3 is 5.97 Å². The zero-order valence-corrected chi connectivity index (χ0v) is 10.6. The number of aromatic amines is 1. The highest BCUT2D eigenvalue weighted by atomic mass is 16.4. The van der Waals surface area contributed by atoms with Crippen LogP contribution < -0.4 is 0 Å². The molecule has 0 atom stereocenters. The van der Waals surface area contributed by atoms with Crippen molar-refractivity contribution in [2.24, 2.45) is 0 Å². The second-order valence-electron chi connectivity index (χ2n) is 4.84. The number of hydrogen-bond donors (Lipinski definition) is 2. The molecule has 0 saturated carbocycles. The number of nitrogens with one attached hydrogen (secondary N) is 1. The molecule has 0 aliphatic carbocycles. The van der Waals surface area contributed by atoms with Gasteiger partial charge in [-0.3, -0.25) is 0 Å². The second kappa shape index (κ2) is 3.91. The number of H-pyrrole nitrogens is 1. The van der Waals surface area contributed by atoms with Gasteiger partial charge in [0, 0.05) is 16.6 Å². The van der Waals surface area contributed by atoms with E-state index in [1.54, 1.807) is 12.1 Å². The van der Waals surface area contributed by atoms with Crippen LogP contribution >= 0.6 is 0 Å². The Morgan fingerprint density at radius 3 is 2.47 bits per heavy atom.